The SMILES string of the molecule is Brc1ccc(O[C@H]2C3CN4CCCC2(C3)C4)nc1. The molecule has 5 rings (SSSR count). The second-order valence-corrected chi connectivity index (χ2v) is 6.93. The average molecular weight is 309 g/mol. The van der Waals surface area contributed by atoms with Gasteiger partial charge in [0.05, 0.1) is 0 Å². The van der Waals surface area contributed by atoms with E-state index in [9.17, 15) is 0 Å². The van der Waals surface area contributed by atoms with Crippen LogP contribution < -0.4 is 4.74 Å². The van der Waals surface area contributed by atoms with Gasteiger partial charge >= 0.3 is 0 Å². The van der Waals surface area contributed by atoms with E-state index in [1.165, 1.54) is 38.9 Å². The molecule has 1 aliphatic carbocycles. The molecule has 1 spiro atoms. The first kappa shape index (κ1) is 11.2. The van der Waals surface area contributed by atoms with Crippen LogP contribution in [0.2, 0.25) is 0 Å². The highest BCUT2D eigenvalue weighted by Crippen LogP contribution is 2.56. The predicted octanol–water partition coefficient (Wildman–Crippen LogP) is 2.71. The first-order chi connectivity index (χ1) is 8.75. The highest BCUT2D eigenvalue weighted by Gasteiger charge is 2.60. The Morgan fingerprint density at radius 2 is 2.39 bits per heavy atom. The fourth-order valence-electron chi connectivity index (χ4n) is 4.17. The maximum atomic E-state index is 6.19. The molecule has 96 valence electrons. The minimum absolute atomic E-state index is 0.405. The van der Waals surface area contributed by atoms with E-state index in [-0.39, 0.29) is 0 Å². The Morgan fingerprint density at radius 1 is 1.44 bits per heavy atom. The summed E-state index contributed by atoms with van der Waals surface area (Å²) in [4.78, 5) is 6.96. The van der Waals surface area contributed by atoms with Crippen molar-refractivity contribution >= 4 is 15.9 Å². The summed E-state index contributed by atoms with van der Waals surface area (Å²) in [6.45, 7) is 3.76. The van der Waals surface area contributed by atoms with Gasteiger partial charge in [0.15, 0.2) is 0 Å². The van der Waals surface area contributed by atoms with Gasteiger partial charge in [-0.1, -0.05) is 0 Å². The zero-order chi connectivity index (χ0) is 12.2. The molecule has 0 radical (unpaired) electrons. The van der Waals surface area contributed by atoms with Gasteiger partial charge in [0.25, 0.3) is 0 Å². The number of aromatic nitrogens is 1. The molecule has 3 nitrogen and oxygen atoms in total. The summed E-state index contributed by atoms with van der Waals surface area (Å²) in [5, 5.41) is 0. The van der Waals surface area contributed by atoms with Crippen LogP contribution in [0.1, 0.15) is 19.3 Å². The highest BCUT2D eigenvalue weighted by molar-refractivity contribution is 9.10. The lowest BCUT2D eigenvalue weighted by molar-refractivity contribution is -0.188. The lowest BCUT2D eigenvalue weighted by Crippen LogP contribution is -2.70. The highest BCUT2D eigenvalue weighted by atomic mass is 79.9. The molecular weight excluding hydrogens is 292 g/mol. The van der Waals surface area contributed by atoms with Crippen LogP contribution in [0.4, 0.5) is 0 Å². The van der Waals surface area contributed by atoms with Crippen molar-refractivity contribution in [3.8, 4) is 5.88 Å². The molecule has 1 aromatic rings. The molecule has 3 bridgehead atoms. The summed E-state index contributed by atoms with van der Waals surface area (Å²) in [6, 6.07) is 3.97. The van der Waals surface area contributed by atoms with Crippen molar-refractivity contribution in [3.63, 3.8) is 0 Å². The van der Waals surface area contributed by atoms with E-state index >= 15 is 0 Å². The Kier molecular flexibility index (Phi) is 2.46. The topological polar surface area (TPSA) is 25.4 Å². The Labute approximate surface area is 116 Å². The summed E-state index contributed by atoms with van der Waals surface area (Å²) in [5.41, 5.74) is 0.440. The minimum Gasteiger partial charge on any atom is -0.473 e. The van der Waals surface area contributed by atoms with Crippen molar-refractivity contribution in [2.45, 2.75) is 25.4 Å². The van der Waals surface area contributed by atoms with Crippen LogP contribution in [0, 0.1) is 11.3 Å². The van der Waals surface area contributed by atoms with Crippen LogP contribution in [0.5, 0.6) is 5.88 Å². The fraction of sp³-hybridized carbons (Fsp3) is 0.643. The van der Waals surface area contributed by atoms with Crippen molar-refractivity contribution in [2.24, 2.45) is 11.3 Å². The van der Waals surface area contributed by atoms with Gasteiger partial charge in [0, 0.05) is 41.2 Å². The van der Waals surface area contributed by atoms with E-state index in [0.29, 0.717) is 11.5 Å². The third-order valence-corrected chi connectivity index (χ3v) is 5.30. The second-order valence-electron chi connectivity index (χ2n) is 6.02. The van der Waals surface area contributed by atoms with Crippen LogP contribution in [0.15, 0.2) is 22.8 Å². The van der Waals surface area contributed by atoms with E-state index in [4.69, 9.17) is 4.74 Å². The zero-order valence-electron chi connectivity index (χ0n) is 10.3. The molecule has 0 aromatic carbocycles. The number of piperidine rings is 3. The van der Waals surface area contributed by atoms with Gasteiger partial charge in [-0.15, -0.1) is 0 Å². The van der Waals surface area contributed by atoms with Gasteiger partial charge < -0.3 is 9.64 Å². The molecule has 4 fully saturated rings. The van der Waals surface area contributed by atoms with Crippen molar-refractivity contribution in [1.82, 2.24) is 9.88 Å². The minimum atomic E-state index is 0.405. The Morgan fingerprint density at radius 3 is 3.22 bits per heavy atom. The third kappa shape index (κ3) is 1.62. The molecule has 4 heteroatoms. The summed E-state index contributed by atoms with van der Waals surface area (Å²) in [6.07, 6.45) is 6.25. The molecule has 1 aromatic heterocycles. The number of ether oxygens (including phenoxy) is 1. The van der Waals surface area contributed by atoms with Crippen LogP contribution in [0.25, 0.3) is 0 Å². The van der Waals surface area contributed by atoms with Crippen LogP contribution in [-0.2, 0) is 0 Å². The summed E-state index contributed by atoms with van der Waals surface area (Å²) < 4.78 is 7.20. The van der Waals surface area contributed by atoms with Gasteiger partial charge in [0.2, 0.25) is 5.88 Å². The van der Waals surface area contributed by atoms with Gasteiger partial charge in [0.1, 0.15) is 6.10 Å². The molecule has 0 amide bonds. The molecule has 4 atom stereocenters. The molecule has 3 unspecified atom stereocenters. The normalized spacial score (nSPS) is 41.1. The van der Waals surface area contributed by atoms with Crippen LogP contribution >= 0.6 is 15.9 Å². The van der Waals surface area contributed by atoms with Crippen LogP contribution in [-0.4, -0.2) is 35.6 Å². The fourth-order valence-corrected chi connectivity index (χ4v) is 4.41. The largest absolute Gasteiger partial charge is 0.473 e. The molecular formula is C14H17BrN2O. The first-order valence-corrected chi connectivity index (χ1v) is 7.55. The van der Waals surface area contributed by atoms with E-state index in [0.717, 1.165) is 16.3 Å². The van der Waals surface area contributed by atoms with E-state index in [1.54, 1.807) is 0 Å². The quantitative estimate of drug-likeness (QED) is 0.840. The van der Waals surface area contributed by atoms with Gasteiger partial charge in [-0.3, -0.25) is 0 Å². The van der Waals surface area contributed by atoms with Crippen molar-refractivity contribution < 1.29 is 4.74 Å². The molecule has 18 heavy (non-hydrogen) atoms. The summed E-state index contributed by atoms with van der Waals surface area (Å²) in [7, 11) is 0. The maximum Gasteiger partial charge on any atom is 0.213 e. The molecule has 4 aliphatic rings. The number of hydrogen-bond donors (Lipinski definition) is 0. The molecule has 3 aliphatic heterocycles. The first-order valence-electron chi connectivity index (χ1n) is 6.76. The lowest BCUT2D eigenvalue weighted by atomic mass is 9.53. The smallest absolute Gasteiger partial charge is 0.213 e. The molecule has 3 saturated heterocycles. The average Bonchev–Trinajstić information content (AvgIpc) is 2.37. The van der Waals surface area contributed by atoms with Gasteiger partial charge in [-0.2, -0.15) is 0 Å². The van der Waals surface area contributed by atoms with Gasteiger partial charge in [-0.05, 0) is 47.8 Å². The third-order valence-electron chi connectivity index (χ3n) is 4.83. The molecule has 4 heterocycles. The number of halogens is 1. The molecule has 1 saturated carbocycles. The van der Waals surface area contributed by atoms with Crippen molar-refractivity contribution in [1.29, 1.82) is 0 Å². The Balaban J connectivity index is 1.54. The predicted molar refractivity (Wildman–Crippen MR) is 72.6 cm³/mol. The van der Waals surface area contributed by atoms with Crippen molar-refractivity contribution in [3.05, 3.63) is 22.8 Å². The lowest BCUT2D eigenvalue weighted by Gasteiger charge is -2.63. The number of nitrogens with zero attached hydrogens (tertiary/aromatic N) is 2. The monoisotopic (exact) mass is 308 g/mol. The number of rotatable bonds is 2. The Bertz CT molecular complexity index is 457. The summed E-state index contributed by atoms with van der Waals surface area (Å²) in [5.74, 6) is 1.51. The van der Waals surface area contributed by atoms with E-state index < -0.39 is 0 Å². The number of pyridine rings is 1. The standard InChI is InChI=1S/C14H17BrN2O/c15-11-2-3-12(16-7-11)18-13-10-6-14(13)4-1-5-17(8-10)9-14/h2-3,7,10,13H,1,4-6,8-9H2/t10?,13-,14?/m0/s1. The van der Waals surface area contributed by atoms with E-state index in [2.05, 4.69) is 25.8 Å². The van der Waals surface area contributed by atoms with Crippen LogP contribution in [0.3, 0.4) is 0 Å². The molecule has 0 N–H and O–H groups in total. The zero-order valence-corrected chi connectivity index (χ0v) is 11.9. The Hall–Kier alpha value is -0.610. The maximum absolute atomic E-state index is 6.19. The van der Waals surface area contributed by atoms with Gasteiger partial charge in [-0.25, -0.2) is 4.98 Å². The van der Waals surface area contributed by atoms with Crippen molar-refractivity contribution in [2.75, 3.05) is 19.6 Å². The van der Waals surface area contributed by atoms with E-state index in [1.807, 2.05) is 18.3 Å². The number of hydrogen-bond acceptors (Lipinski definition) is 3. The summed E-state index contributed by atoms with van der Waals surface area (Å²) >= 11 is 3.41. The second kappa shape index (κ2) is 3.94.